The Kier molecular flexibility index (Phi) is 4.63. The Morgan fingerprint density at radius 3 is 2.32 bits per heavy atom. The lowest BCUT2D eigenvalue weighted by Gasteiger charge is -2.19. The molecule has 0 unspecified atom stereocenters. The molecule has 1 fully saturated rings. The summed E-state index contributed by atoms with van der Waals surface area (Å²) in [6, 6.07) is 8.91. The Morgan fingerprint density at radius 2 is 1.72 bits per heavy atom. The molecule has 0 radical (unpaired) electrons. The van der Waals surface area contributed by atoms with Crippen molar-refractivity contribution in [1.82, 2.24) is 0 Å². The third-order valence-corrected chi connectivity index (χ3v) is 5.45. The lowest BCUT2D eigenvalue weighted by molar-refractivity contribution is 0.0698. The van der Waals surface area contributed by atoms with Crippen LogP contribution in [0.5, 0.6) is 0 Å². The van der Waals surface area contributed by atoms with Gasteiger partial charge in [0.2, 0.25) is 0 Å². The average molecular weight is 364 g/mol. The molecule has 2 N–H and O–H groups in total. The van der Waals surface area contributed by atoms with E-state index in [1.54, 1.807) is 6.07 Å². The van der Waals surface area contributed by atoms with E-state index in [0.29, 0.717) is 0 Å². The Balaban J connectivity index is 1.93. The predicted octanol–water partition coefficient (Wildman–Crippen LogP) is 2.92. The minimum absolute atomic E-state index is 0.0280. The summed E-state index contributed by atoms with van der Waals surface area (Å²) in [7, 11) is -4.01. The van der Waals surface area contributed by atoms with Gasteiger partial charge in [0.25, 0.3) is 10.0 Å². The van der Waals surface area contributed by atoms with Gasteiger partial charge in [-0.25, -0.2) is 17.6 Å². The van der Waals surface area contributed by atoms with Crippen LogP contribution in [0.4, 0.5) is 15.8 Å². The normalized spacial score (nSPS) is 14.5. The third-order valence-electron chi connectivity index (χ3n) is 4.07. The van der Waals surface area contributed by atoms with Crippen LogP contribution < -0.4 is 9.62 Å². The molecule has 132 valence electrons. The molecule has 1 aliphatic rings. The van der Waals surface area contributed by atoms with Crippen LogP contribution in [0.1, 0.15) is 23.2 Å². The SMILES string of the molecule is O=C(O)c1cc(N2CCCC2)ccc1NS(=O)(=O)c1ccc(F)cc1. The fraction of sp³-hybridized carbons (Fsp3) is 0.235. The molecule has 6 nitrogen and oxygen atoms in total. The van der Waals surface area contributed by atoms with Gasteiger partial charge in [-0.1, -0.05) is 0 Å². The van der Waals surface area contributed by atoms with Crippen molar-refractivity contribution in [3.05, 3.63) is 53.8 Å². The fourth-order valence-corrected chi connectivity index (χ4v) is 3.87. The highest BCUT2D eigenvalue weighted by Crippen LogP contribution is 2.27. The van der Waals surface area contributed by atoms with Crippen molar-refractivity contribution in [2.24, 2.45) is 0 Å². The first-order chi connectivity index (χ1) is 11.9. The van der Waals surface area contributed by atoms with Gasteiger partial charge in [0, 0.05) is 18.8 Å². The first-order valence-corrected chi connectivity index (χ1v) is 9.26. The topological polar surface area (TPSA) is 86.7 Å². The monoisotopic (exact) mass is 364 g/mol. The fourth-order valence-electron chi connectivity index (χ4n) is 2.79. The number of sulfonamides is 1. The number of carbonyl (C=O) groups is 1. The van der Waals surface area contributed by atoms with Crippen molar-refractivity contribution in [3.8, 4) is 0 Å². The van der Waals surface area contributed by atoms with E-state index in [0.717, 1.165) is 55.9 Å². The highest BCUT2D eigenvalue weighted by atomic mass is 32.2. The van der Waals surface area contributed by atoms with Gasteiger partial charge in [-0.2, -0.15) is 0 Å². The minimum atomic E-state index is -4.01. The van der Waals surface area contributed by atoms with Crippen molar-refractivity contribution in [3.63, 3.8) is 0 Å². The molecule has 0 saturated carbocycles. The van der Waals surface area contributed by atoms with E-state index < -0.39 is 21.8 Å². The molecule has 0 bridgehead atoms. The second kappa shape index (κ2) is 6.72. The Bertz CT molecular complexity index is 891. The molecule has 0 atom stereocenters. The predicted molar refractivity (Wildman–Crippen MR) is 92.1 cm³/mol. The largest absolute Gasteiger partial charge is 0.478 e. The number of rotatable bonds is 5. The van der Waals surface area contributed by atoms with E-state index in [-0.39, 0.29) is 16.1 Å². The van der Waals surface area contributed by atoms with Crippen LogP contribution in [0.15, 0.2) is 47.4 Å². The van der Waals surface area contributed by atoms with Crippen molar-refractivity contribution < 1.29 is 22.7 Å². The highest BCUT2D eigenvalue weighted by Gasteiger charge is 2.21. The summed E-state index contributed by atoms with van der Waals surface area (Å²) in [5.74, 6) is -1.78. The van der Waals surface area contributed by atoms with E-state index in [2.05, 4.69) is 9.62 Å². The smallest absolute Gasteiger partial charge is 0.337 e. The van der Waals surface area contributed by atoms with Crippen LogP contribution in [0.25, 0.3) is 0 Å². The molecule has 1 saturated heterocycles. The molecule has 2 aromatic rings. The number of nitrogens with one attached hydrogen (secondary N) is 1. The van der Waals surface area contributed by atoms with Crippen LogP contribution in [0.2, 0.25) is 0 Å². The summed E-state index contributed by atoms with van der Waals surface area (Å²) in [6.07, 6.45) is 2.09. The number of hydrogen-bond acceptors (Lipinski definition) is 4. The van der Waals surface area contributed by atoms with E-state index in [4.69, 9.17) is 0 Å². The van der Waals surface area contributed by atoms with Crippen molar-refractivity contribution in [2.45, 2.75) is 17.7 Å². The van der Waals surface area contributed by atoms with Gasteiger partial charge >= 0.3 is 5.97 Å². The van der Waals surface area contributed by atoms with Gasteiger partial charge in [-0.05, 0) is 55.3 Å². The number of halogens is 1. The van der Waals surface area contributed by atoms with Crippen LogP contribution in [0, 0.1) is 5.82 Å². The summed E-state index contributed by atoms with van der Waals surface area (Å²) in [4.78, 5) is 13.5. The van der Waals surface area contributed by atoms with Crippen LogP contribution >= 0.6 is 0 Å². The van der Waals surface area contributed by atoms with Gasteiger partial charge in [0.05, 0.1) is 16.1 Å². The molecule has 0 aliphatic carbocycles. The highest BCUT2D eigenvalue weighted by molar-refractivity contribution is 7.92. The summed E-state index contributed by atoms with van der Waals surface area (Å²) < 4.78 is 40.0. The number of hydrogen-bond donors (Lipinski definition) is 2. The minimum Gasteiger partial charge on any atom is -0.478 e. The van der Waals surface area contributed by atoms with Gasteiger partial charge in [0.1, 0.15) is 5.82 Å². The second-order valence-electron chi connectivity index (χ2n) is 5.79. The van der Waals surface area contributed by atoms with E-state index in [9.17, 15) is 22.7 Å². The Hall–Kier alpha value is -2.61. The van der Waals surface area contributed by atoms with Gasteiger partial charge in [0.15, 0.2) is 0 Å². The lowest BCUT2D eigenvalue weighted by atomic mass is 10.1. The molecule has 0 aromatic heterocycles. The standard InChI is InChI=1S/C17H17FN2O4S/c18-12-3-6-14(7-4-12)25(23,24)19-16-8-5-13(11-15(16)17(21)22)20-9-1-2-10-20/h3-8,11,19H,1-2,9-10H2,(H,21,22). The maximum absolute atomic E-state index is 13.0. The number of nitrogens with zero attached hydrogens (tertiary/aromatic N) is 1. The number of carboxylic acid groups (broad SMARTS) is 1. The third kappa shape index (κ3) is 3.74. The van der Waals surface area contributed by atoms with Gasteiger partial charge in [-0.15, -0.1) is 0 Å². The summed E-state index contributed by atoms with van der Waals surface area (Å²) in [5, 5.41) is 9.43. The second-order valence-corrected chi connectivity index (χ2v) is 7.47. The average Bonchev–Trinajstić information content (AvgIpc) is 3.09. The molecule has 2 aromatic carbocycles. The Labute approximate surface area is 144 Å². The first-order valence-electron chi connectivity index (χ1n) is 7.77. The van der Waals surface area contributed by atoms with E-state index in [1.165, 1.54) is 12.1 Å². The van der Waals surface area contributed by atoms with Crippen molar-refractivity contribution >= 4 is 27.4 Å². The molecule has 0 spiro atoms. The molecule has 0 amide bonds. The zero-order valence-corrected chi connectivity index (χ0v) is 14.1. The van der Waals surface area contributed by atoms with E-state index >= 15 is 0 Å². The quantitative estimate of drug-likeness (QED) is 0.852. The zero-order chi connectivity index (χ0) is 18.0. The molecule has 25 heavy (non-hydrogen) atoms. The molecule has 3 rings (SSSR count). The number of benzene rings is 2. The number of aromatic carboxylic acids is 1. The van der Waals surface area contributed by atoms with Crippen molar-refractivity contribution in [2.75, 3.05) is 22.7 Å². The molecule has 1 aliphatic heterocycles. The maximum Gasteiger partial charge on any atom is 0.337 e. The van der Waals surface area contributed by atoms with Gasteiger partial charge in [-0.3, -0.25) is 4.72 Å². The number of anilines is 2. The van der Waals surface area contributed by atoms with Gasteiger partial charge < -0.3 is 10.0 Å². The first kappa shape index (κ1) is 17.2. The van der Waals surface area contributed by atoms with E-state index in [1.807, 2.05) is 0 Å². The summed E-state index contributed by atoms with van der Waals surface area (Å²) in [5.41, 5.74) is 0.592. The molecule has 1 heterocycles. The van der Waals surface area contributed by atoms with Crippen molar-refractivity contribution in [1.29, 1.82) is 0 Å². The Morgan fingerprint density at radius 1 is 1.08 bits per heavy atom. The van der Waals surface area contributed by atoms with Crippen LogP contribution in [-0.2, 0) is 10.0 Å². The molecular weight excluding hydrogens is 347 g/mol. The zero-order valence-electron chi connectivity index (χ0n) is 13.3. The summed E-state index contributed by atoms with van der Waals surface area (Å²) in [6.45, 7) is 1.69. The van der Waals surface area contributed by atoms with Crippen LogP contribution in [-0.4, -0.2) is 32.6 Å². The maximum atomic E-state index is 13.0. The number of carboxylic acids is 1. The molecular formula is C17H17FN2O4S. The summed E-state index contributed by atoms with van der Waals surface area (Å²) >= 11 is 0. The lowest BCUT2D eigenvalue weighted by Crippen LogP contribution is -2.19. The van der Waals surface area contributed by atoms with Crippen LogP contribution in [0.3, 0.4) is 0 Å². The molecule has 8 heteroatoms.